The second-order valence-electron chi connectivity index (χ2n) is 3.07. The van der Waals surface area contributed by atoms with Crippen LogP contribution in [0.5, 0.6) is 0 Å². The van der Waals surface area contributed by atoms with Gasteiger partial charge in [-0.3, -0.25) is 4.79 Å². The number of nitrogens with two attached hydrogens (primary N) is 1. The smallest absolute Gasteiger partial charge is 0.227 e. The molecule has 1 rings (SSSR count). The van der Waals surface area contributed by atoms with Crippen molar-refractivity contribution in [1.29, 1.82) is 0 Å². The van der Waals surface area contributed by atoms with Gasteiger partial charge >= 0.3 is 0 Å². The molecule has 0 aliphatic carbocycles. The summed E-state index contributed by atoms with van der Waals surface area (Å²) in [5, 5.41) is 13.7. The lowest BCUT2D eigenvalue weighted by atomic mass is 10.3. The molecule has 4 N–H and O–H groups in total. The zero-order chi connectivity index (χ0) is 12.0. The van der Waals surface area contributed by atoms with E-state index in [1.165, 1.54) is 4.88 Å². The average Bonchev–Trinajstić information content (AvgIpc) is 2.64. The van der Waals surface area contributed by atoms with Crippen molar-refractivity contribution in [2.45, 2.75) is 12.8 Å². The molecule has 1 heterocycles. The Morgan fingerprint density at radius 2 is 2.38 bits per heavy atom. The minimum absolute atomic E-state index is 0.0787. The predicted octanol–water partition coefficient (Wildman–Crippen LogP) is 1.31. The lowest BCUT2D eigenvalue weighted by Gasteiger charge is -2.02. The van der Waals surface area contributed by atoms with Crippen molar-refractivity contribution in [2.24, 2.45) is 10.9 Å². The maximum absolute atomic E-state index is 11.2. The average molecular weight is 306 g/mol. The summed E-state index contributed by atoms with van der Waals surface area (Å²) in [6, 6.07) is 3.97. The van der Waals surface area contributed by atoms with Crippen LogP contribution in [0.1, 0.15) is 11.3 Å². The molecule has 0 aromatic carbocycles. The molecule has 0 unspecified atom stereocenters. The standard InChI is InChI=1S/C9H12BrN3O2S/c10-7-2-1-6(16-7)3-4-12-9(14)5-8(11)13-15/h1-2,15H,3-5H2,(H2,11,13)(H,12,14). The Labute approximate surface area is 105 Å². The van der Waals surface area contributed by atoms with Crippen LogP contribution in [-0.2, 0) is 11.2 Å². The van der Waals surface area contributed by atoms with Crippen molar-refractivity contribution < 1.29 is 10.0 Å². The summed E-state index contributed by atoms with van der Waals surface area (Å²) in [5.74, 6) is -0.331. The number of halogens is 1. The lowest BCUT2D eigenvalue weighted by Crippen LogP contribution is -2.30. The van der Waals surface area contributed by atoms with Gasteiger partial charge in [-0.2, -0.15) is 0 Å². The molecule has 0 aliphatic heterocycles. The van der Waals surface area contributed by atoms with E-state index in [-0.39, 0.29) is 18.2 Å². The lowest BCUT2D eigenvalue weighted by molar-refractivity contribution is -0.119. The number of thiophene rings is 1. The Hall–Kier alpha value is -1.08. The third-order valence-corrected chi connectivity index (χ3v) is 3.48. The van der Waals surface area contributed by atoms with Crippen LogP contribution in [0.25, 0.3) is 0 Å². The van der Waals surface area contributed by atoms with E-state index in [9.17, 15) is 4.79 Å². The minimum atomic E-state index is -0.245. The van der Waals surface area contributed by atoms with Gasteiger partial charge in [0, 0.05) is 11.4 Å². The maximum atomic E-state index is 11.2. The normalized spacial score (nSPS) is 11.4. The Kier molecular flexibility index (Phi) is 5.27. The SMILES string of the molecule is N/C(CC(=O)NCCc1ccc(Br)s1)=N/O. The molecular formula is C9H12BrN3O2S. The highest BCUT2D eigenvalue weighted by molar-refractivity contribution is 9.11. The number of carbonyl (C=O) groups is 1. The topological polar surface area (TPSA) is 87.7 Å². The van der Waals surface area contributed by atoms with Crippen molar-refractivity contribution in [3.63, 3.8) is 0 Å². The quantitative estimate of drug-likeness (QED) is 0.332. The van der Waals surface area contributed by atoms with Crippen molar-refractivity contribution in [2.75, 3.05) is 6.54 Å². The fraction of sp³-hybridized carbons (Fsp3) is 0.333. The van der Waals surface area contributed by atoms with Gasteiger partial charge in [0.05, 0.1) is 10.2 Å². The molecule has 16 heavy (non-hydrogen) atoms. The number of nitrogens with zero attached hydrogens (tertiary/aromatic N) is 1. The summed E-state index contributed by atoms with van der Waals surface area (Å²) in [4.78, 5) is 12.4. The van der Waals surface area contributed by atoms with Crippen LogP contribution in [0, 0.1) is 0 Å². The Morgan fingerprint density at radius 1 is 1.62 bits per heavy atom. The molecular weight excluding hydrogens is 294 g/mol. The Bertz CT molecular complexity index is 392. The van der Waals surface area contributed by atoms with E-state index in [1.807, 2.05) is 12.1 Å². The second kappa shape index (κ2) is 6.49. The molecule has 0 spiro atoms. The summed E-state index contributed by atoms with van der Waals surface area (Å²) in [7, 11) is 0. The Morgan fingerprint density at radius 3 is 2.94 bits per heavy atom. The van der Waals surface area contributed by atoms with Crippen molar-refractivity contribution in [1.82, 2.24) is 5.32 Å². The van der Waals surface area contributed by atoms with E-state index in [0.717, 1.165) is 10.2 Å². The van der Waals surface area contributed by atoms with E-state index >= 15 is 0 Å². The van der Waals surface area contributed by atoms with Gasteiger partial charge in [0.2, 0.25) is 5.91 Å². The Balaban J connectivity index is 2.23. The number of carbonyl (C=O) groups excluding carboxylic acids is 1. The molecule has 0 bridgehead atoms. The van der Waals surface area contributed by atoms with Crippen LogP contribution in [0.15, 0.2) is 21.1 Å². The summed E-state index contributed by atoms with van der Waals surface area (Å²) in [6.07, 6.45) is 0.697. The summed E-state index contributed by atoms with van der Waals surface area (Å²) >= 11 is 5.00. The third-order valence-electron chi connectivity index (χ3n) is 1.79. The maximum Gasteiger partial charge on any atom is 0.227 e. The highest BCUT2D eigenvalue weighted by Gasteiger charge is 2.04. The molecule has 7 heteroatoms. The van der Waals surface area contributed by atoms with E-state index in [4.69, 9.17) is 10.9 Å². The third kappa shape index (κ3) is 4.63. The van der Waals surface area contributed by atoms with Crippen molar-refractivity contribution in [3.05, 3.63) is 20.8 Å². The number of amides is 1. The number of rotatable bonds is 5. The zero-order valence-corrected chi connectivity index (χ0v) is 10.8. The largest absolute Gasteiger partial charge is 0.409 e. The first kappa shape index (κ1) is 13.0. The molecule has 0 atom stereocenters. The van der Waals surface area contributed by atoms with E-state index in [1.54, 1.807) is 11.3 Å². The van der Waals surface area contributed by atoms with Crippen LogP contribution >= 0.6 is 27.3 Å². The van der Waals surface area contributed by atoms with E-state index < -0.39 is 0 Å². The van der Waals surface area contributed by atoms with Crippen LogP contribution in [0.4, 0.5) is 0 Å². The van der Waals surface area contributed by atoms with Gasteiger partial charge < -0.3 is 16.3 Å². The highest BCUT2D eigenvalue weighted by Crippen LogP contribution is 2.21. The molecule has 1 aromatic rings. The van der Waals surface area contributed by atoms with Gasteiger partial charge in [-0.15, -0.1) is 11.3 Å². The summed E-state index contributed by atoms with van der Waals surface area (Å²) in [5.41, 5.74) is 5.20. The van der Waals surface area contributed by atoms with Gasteiger partial charge in [0.1, 0.15) is 5.84 Å². The molecule has 0 aliphatic rings. The second-order valence-corrected chi connectivity index (χ2v) is 5.62. The van der Waals surface area contributed by atoms with E-state index in [2.05, 4.69) is 26.4 Å². The molecule has 0 saturated carbocycles. The van der Waals surface area contributed by atoms with Crippen LogP contribution in [0.2, 0.25) is 0 Å². The predicted molar refractivity (Wildman–Crippen MR) is 66.8 cm³/mol. The number of nitrogens with one attached hydrogen (secondary N) is 1. The van der Waals surface area contributed by atoms with Gasteiger partial charge in [-0.1, -0.05) is 5.16 Å². The highest BCUT2D eigenvalue weighted by atomic mass is 79.9. The first-order valence-corrected chi connectivity index (χ1v) is 6.20. The minimum Gasteiger partial charge on any atom is -0.409 e. The molecule has 0 radical (unpaired) electrons. The molecule has 88 valence electrons. The summed E-state index contributed by atoms with van der Waals surface area (Å²) in [6.45, 7) is 0.546. The van der Waals surface area contributed by atoms with Crippen molar-refractivity contribution >= 4 is 39.0 Å². The number of hydrogen-bond acceptors (Lipinski definition) is 4. The van der Waals surface area contributed by atoms with Gasteiger partial charge in [0.15, 0.2) is 0 Å². The molecule has 5 nitrogen and oxygen atoms in total. The number of amidine groups is 1. The van der Waals surface area contributed by atoms with Crippen LogP contribution < -0.4 is 11.1 Å². The van der Waals surface area contributed by atoms with Gasteiger partial charge in [-0.25, -0.2) is 0 Å². The monoisotopic (exact) mass is 305 g/mol. The fourth-order valence-electron chi connectivity index (χ4n) is 1.07. The fourth-order valence-corrected chi connectivity index (χ4v) is 2.56. The van der Waals surface area contributed by atoms with Crippen LogP contribution in [0.3, 0.4) is 0 Å². The molecule has 0 saturated heterocycles. The summed E-state index contributed by atoms with van der Waals surface area (Å²) < 4.78 is 1.07. The first-order chi connectivity index (χ1) is 7.61. The van der Waals surface area contributed by atoms with Crippen molar-refractivity contribution in [3.8, 4) is 0 Å². The van der Waals surface area contributed by atoms with Gasteiger partial charge in [-0.05, 0) is 34.5 Å². The van der Waals surface area contributed by atoms with E-state index in [0.29, 0.717) is 6.54 Å². The number of hydrogen-bond donors (Lipinski definition) is 3. The first-order valence-electron chi connectivity index (χ1n) is 4.59. The molecule has 0 fully saturated rings. The number of oxime groups is 1. The van der Waals surface area contributed by atoms with Crippen LogP contribution in [-0.4, -0.2) is 23.5 Å². The molecule has 1 amide bonds. The molecule has 1 aromatic heterocycles. The van der Waals surface area contributed by atoms with Gasteiger partial charge in [0.25, 0.3) is 0 Å². The zero-order valence-electron chi connectivity index (χ0n) is 8.44.